The standard InChI is InChI=1S/C14H8F5NO/c15-11-5-7(1-3-9(11)13(20)21)8-2-4-10(12(16)6-8)14(17,18)19/h1-6H,(H2,20,21). The summed E-state index contributed by atoms with van der Waals surface area (Å²) in [5, 5.41) is 0. The minimum absolute atomic E-state index is 0.0513. The van der Waals surface area contributed by atoms with Crippen LogP contribution in [0.5, 0.6) is 0 Å². The van der Waals surface area contributed by atoms with Gasteiger partial charge in [-0.25, -0.2) is 8.78 Å². The van der Waals surface area contributed by atoms with E-state index in [1.54, 1.807) is 0 Å². The number of carbonyl (C=O) groups excluding carboxylic acids is 1. The summed E-state index contributed by atoms with van der Waals surface area (Å²) in [6.45, 7) is 0. The molecule has 2 N–H and O–H groups in total. The highest BCUT2D eigenvalue weighted by Crippen LogP contribution is 2.33. The maximum absolute atomic E-state index is 13.6. The van der Waals surface area contributed by atoms with Gasteiger partial charge in [0.05, 0.1) is 11.1 Å². The monoisotopic (exact) mass is 301 g/mol. The molecule has 7 heteroatoms. The highest BCUT2D eigenvalue weighted by atomic mass is 19.4. The van der Waals surface area contributed by atoms with E-state index in [1.165, 1.54) is 6.07 Å². The second-order valence-electron chi connectivity index (χ2n) is 4.25. The molecular weight excluding hydrogens is 293 g/mol. The van der Waals surface area contributed by atoms with Gasteiger partial charge in [0, 0.05) is 0 Å². The fourth-order valence-electron chi connectivity index (χ4n) is 1.82. The normalized spacial score (nSPS) is 11.5. The first-order valence-electron chi connectivity index (χ1n) is 5.66. The smallest absolute Gasteiger partial charge is 0.366 e. The zero-order valence-electron chi connectivity index (χ0n) is 10.3. The van der Waals surface area contributed by atoms with Crippen molar-refractivity contribution in [2.24, 2.45) is 5.73 Å². The molecule has 110 valence electrons. The van der Waals surface area contributed by atoms with Crippen molar-refractivity contribution in [3.63, 3.8) is 0 Å². The van der Waals surface area contributed by atoms with Gasteiger partial charge in [-0.1, -0.05) is 12.1 Å². The van der Waals surface area contributed by atoms with Crippen molar-refractivity contribution in [2.45, 2.75) is 6.18 Å². The first kappa shape index (κ1) is 15.0. The Morgan fingerprint density at radius 3 is 1.86 bits per heavy atom. The van der Waals surface area contributed by atoms with Crippen LogP contribution in [0.3, 0.4) is 0 Å². The topological polar surface area (TPSA) is 43.1 Å². The van der Waals surface area contributed by atoms with Gasteiger partial charge >= 0.3 is 6.18 Å². The average Bonchev–Trinajstić information content (AvgIpc) is 2.36. The molecule has 0 aliphatic rings. The Labute approximate surface area is 116 Å². The van der Waals surface area contributed by atoms with Crippen LogP contribution in [0.2, 0.25) is 0 Å². The van der Waals surface area contributed by atoms with Gasteiger partial charge in [-0.05, 0) is 35.4 Å². The van der Waals surface area contributed by atoms with Crippen molar-refractivity contribution >= 4 is 5.91 Å². The molecule has 0 bridgehead atoms. The molecule has 0 fully saturated rings. The predicted octanol–water partition coefficient (Wildman–Crippen LogP) is 3.75. The molecule has 0 radical (unpaired) electrons. The maximum Gasteiger partial charge on any atom is 0.419 e. The van der Waals surface area contributed by atoms with Gasteiger partial charge in [-0.15, -0.1) is 0 Å². The molecule has 0 saturated carbocycles. The van der Waals surface area contributed by atoms with Crippen molar-refractivity contribution in [1.29, 1.82) is 0 Å². The summed E-state index contributed by atoms with van der Waals surface area (Å²) in [5.41, 5.74) is 3.35. The summed E-state index contributed by atoms with van der Waals surface area (Å²) >= 11 is 0. The molecule has 0 heterocycles. The first-order valence-corrected chi connectivity index (χ1v) is 5.66. The lowest BCUT2D eigenvalue weighted by atomic mass is 10.0. The Balaban J connectivity index is 2.46. The highest BCUT2D eigenvalue weighted by molar-refractivity contribution is 5.93. The minimum atomic E-state index is -4.80. The van der Waals surface area contributed by atoms with Gasteiger partial charge in [-0.3, -0.25) is 4.79 Å². The third-order valence-electron chi connectivity index (χ3n) is 2.84. The summed E-state index contributed by atoms with van der Waals surface area (Å²) in [4.78, 5) is 10.9. The van der Waals surface area contributed by atoms with Crippen molar-refractivity contribution in [3.05, 3.63) is 59.2 Å². The molecule has 0 aliphatic carbocycles. The van der Waals surface area contributed by atoms with Crippen LogP contribution < -0.4 is 5.73 Å². The second kappa shape index (κ2) is 5.16. The van der Waals surface area contributed by atoms with Gasteiger partial charge in [0.2, 0.25) is 0 Å². The molecular formula is C14H8F5NO. The molecule has 2 aromatic carbocycles. The van der Waals surface area contributed by atoms with E-state index in [4.69, 9.17) is 5.73 Å². The second-order valence-corrected chi connectivity index (χ2v) is 4.25. The van der Waals surface area contributed by atoms with E-state index in [9.17, 15) is 26.7 Å². The predicted molar refractivity (Wildman–Crippen MR) is 65.3 cm³/mol. The van der Waals surface area contributed by atoms with Gasteiger partial charge in [-0.2, -0.15) is 13.2 Å². The Kier molecular flexibility index (Phi) is 3.67. The van der Waals surface area contributed by atoms with Gasteiger partial charge < -0.3 is 5.73 Å². The highest BCUT2D eigenvalue weighted by Gasteiger charge is 2.33. The number of halogens is 5. The van der Waals surface area contributed by atoms with Crippen LogP contribution in [0.25, 0.3) is 11.1 Å². The number of amides is 1. The van der Waals surface area contributed by atoms with Crippen molar-refractivity contribution in [3.8, 4) is 11.1 Å². The van der Waals surface area contributed by atoms with Crippen LogP contribution in [0, 0.1) is 11.6 Å². The largest absolute Gasteiger partial charge is 0.419 e. The number of alkyl halides is 3. The van der Waals surface area contributed by atoms with Crippen LogP contribution in [0.15, 0.2) is 36.4 Å². The third-order valence-corrected chi connectivity index (χ3v) is 2.84. The van der Waals surface area contributed by atoms with Gasteiger partial charge in [0.25, 0.3) is 5.91 Å². The van der Waals surface area contributed by atoms with E-state index in [1.807, 2.05) is 0 Å². The number of benzene rings is 2. The number of rotatable bonds is 2. The van der Waals surface area contributed by atoms with Gasteiger partial charge in [0.1, 0.15) is 11.6 Å². The van der Waals surface area contributed by atoms with E-state index >= 15 is 0 Å². The lowest BCUT2D eigenvalue weighted by Crippen LogP contribution is -2.13. The molecule has 2 aromatic rings. The minimum Gasteiger partial charge on any atom is -0.366 e. The molecule has 0 aliphatic heterocycles. The summed E-state index contributed by atoms with van der Waals surface area (Å²) < 4.78 is 64.3. The summed E-state index contributed by atoms with van der Waals surface area (Å²) in [5.74, 6) is -3.36. The molecule has 0 unspecified atom stereocenters. The van der Waals surface area contributed by atoms with E-state index in [0.717, 1.165) is 18.2 Å². The first-order chi connectivity index (χ1) is 9.70. The van der Waals surface area contributed by atoms with Crippen LogP contribution in [0.4, 0.5) is 22.0 Å². The lowest BCUT2D eigenvalue weighted by Gasteiger charge is -2.10. The van der Waals surface area contributed by atoms with E-state index in [0.29, 0.717) is 12.1 Å². The Bertz CT molecular complexity index is 709. The summed E-state index contributed by atoms with van der Waals surface area (Å²) in [7, 11) is 0. The fraction of sp³-hybridized carbons (Fsp3) is 0.0714. The van der Waals surface area contributed by atoms with Crippen molar-refractivity contribution in [2.75, 3.05) is 0 Å². The number of carbonyl (C=O) groups is 1. The molecule has 21 heavy (non-hydrogen) atoms. The fourth-order valence-corrected chi connectivity index (χ4v) is 1.82. The average molecular weight is 301 g/mol. The quantitative estimate of drug-likeness (QED) is 0.843. The molecule has 1 amide bonds. The SMILES string of the molecule is NC(=O)c1ccc(-c2ccc(C(F)(F)F)c(F)c2)cc1F. The van der Waals surface area contributed by atoms with E-state index < -0.39 is 29.3 Å². The zero-order chi connectivity index (χ0) is 15.8. The maximum atomic E-state index is 13.6. The zero-order valence-corrected chi connectivity index (χ0v) is 10.3. The number of hydrogen-bond donors (Lipinski definition) is 1. The Morgan fingerprint density at radius 2 is 1.43 bits per heavy atom. The third kappa shape index (κ3) is 3.01. The van der Waals surface area contributed by atoms with Crippen LogP contribution in [-0.4, -0.2) is 5.91 Å². The molecule has 0 saturated heterocycles. The van der Waals surface area contributed by atoms with Crippen LogP contribution >= 0.6 is 0 Å². The van der Waals surface area contributed by atoms with Crippen LogP contribution in [0.1, 0.15) is 15.9 Å². The molecule has 0 atom stereocenters. The molecule has 2 nitrogen and oxygen atoms in total. The van der Waals surface area contributed by atoms with Crippen LogP contribution in [-0.2, 0) is 6.18 Å². The summed E-state index contributed by atoms with van der Waals surface area (Å²) in [6.07, 6.45) is -4.80. The Morgan fingerprint density at radius 1 is 0.905 bits per heavy atom. The number of hydrogen-bond acceptors (Lipinski definition) is 1. The van der Waals surface area contributed by atoms with Crippen molar-refractivity contribution < 1.29 is 26.7 Å². The Hall–Kier alpha value is -2.44. The summed E-state index contributed by atoms with van der Waals surface area (Å²) in [6, 6.07) is 5.51. The molecule has 2 rings (SSSR count). The molecule has 0 spiro atoms. The van der Waals surface area contributed by atoms with Gasteiger partial charge in [0.15, 0.2) is 0 Å². The number of primary amides is 1. The van der Waals surface area contributed by atoms with E-state index in [-0.39, 0.29) is 16.7 Å². The van der Waals surface area contributed by atoms with Crippen molar-refractivity contribution in [1.82, 2.24) is 0 Å². The number of nitrogens with two attached hydrogens (primary N) is 1. The lowest BCUT2D eigenvalue weighted by molar-refractivity contribution is -0.139. The molecule has 0 aromatic heterocycles. The van der Waals surface area contributed by atoms with E-state index in [2.05, 4.69) is 0 Å².